The summed E-state index contributed by atoms with van der Waals surface area (Å²) in [5, 5.41) is 0. The van der Waals surface area contributed by atoms with E-state index in [1.54, 1.807) is 12.4 Å². The van der Waals surface area contributed by atoms with Crippen molar-refractivity contribution in [3.63, 3.8) is 0 Å². The molecule has 0 bridgehead atoms. The van der Waals surface area contributed by atoms with E-state index in [-0.39, 0.29) is 0 Å². The van der Waals surface area contributed by atoms with Gasteiger partial charge in [0.1, 0.15) is 5.75 Å². The van der Waals surface area contributed by atoms with Crippen molar-refractivity contribution in [1.82, 2.24) is 4.98 Å². The van der Waals surface area contributed by atoms with Crippen LogP contribution in [0.25, 0.3) is 0 Å². The summed E-state index contributed by atoms with van der Waals surface area (Å²) < 4.78 is 11.6. The zero-order chi connectivity index (χ0) is 13.6. The Kier molecular flexibility index (Phi) is 4.28. The summed E-state index contributed by atoms with van der Waals surface area (Å²) in [7, 11) is 0. The molecule has 2 aromatic rings. The molecule has 1 fully saturated rings. The highest BCUT2D eigenvalue weighted by Crippen LogP contribution is 2.31. The maximum atomic E-state index is 5.85. The number of rotatable bonds is 6. The van der Waals surface area contributed by atoms with Gasteiger partial charge in [0.05, 0.1) is 19.3 Å². The van der Waals surface area contributed by atoms with Crippen molar-refractivity contribution >= 4 is 0 Å². The van der Waals surface area contributed by atoms with E-state index in [1.807, 2.05) is 30.3 Å². The molecule has 1 saturated carbocycles. The Morgan fingerprint density at radius 3 is 2.50 bits per heavy atom. The molecule has 0 spiro atoms. The maximum Gasteiger partial charge on any atom is 0.122 e. The number of nitrogens with zero attached hydrogens (tertiary/aromatic N) is 1. The summed E-state index contributed by atoms with van der Waals surface area (Å²) in [6, 6.07) is 14.1. The molecular formula is C17H19NO2. The molecule has 3 nitrogen and oxygen atoms in total. The molecule has 0 amide bonds. The molecular weight excluding hydrogens is 250 g/mol. The molecule has 3 heteroatoms. The first-order chi connectivity index (χ1) is 9.90. The van der Waals surface area contributed by atoms with Crippen molar-refractivity contribution in [2.45, 2.75) is 25.6 Å². The van der Waals surface area contributed by atoms with Gasteiger partial charge in [-0.05, 0) is 36.5 Å². The second-order valence-corrected chi connectivity index (χ2v) is 5.26. The minimum atomic E-state index is 0.336. The molecule has 20 heavy (non-hydrogen) atoms. The Morgan fingerprint density at radius 2 is 1.75 bits per heavy atom. The molecule has 0 N–H and O–H groups in total. The van der Waals surface area contributed by atoms with Crippen LogP contribution in [0.4, 0.5) is 0 Å². The van der Waals surface area contributed by atoms with Gasteiger partial charge in [0.15, 0.2) is 0 Å². The Hall–Kier alpha value is -1.87. The minimum Gasteiger partial charge on any atom is -0.490 e. The topological polar surface area (TPSA) is 31.4 Å². The average molecular weight is 269 g/mol. The van der Waals surface area contributed by atoms with Crippen LogP contribution in [-0.4, -0.2) is 17.7 Å². The number of ether oxygens (including phenoxy) is 2. The quantitative estimate of drug-likeness (QED) is 0.804. The van der Waals surface area contributed by atoms with Crippen molar-refractivity contribution < 1.29 is 9.47 Å². The highest BCUT2D eigenvalue weighted by molar-refractivity contribution is 5.17. The molecule has 104 valence electrons. The van der Waals surface area contributed by atoms with Gasteiger partial charge in [-0.1, -0.05) is 30.3 Å². The van der Waals surface area contributed by atoms with E-state index in [2.05, 4.69) is 17.1 Å². The van der Waals surface area contributed by atoms with Crippen LogP contribution < -0.4 is 4.74 Å². The SMILES string of the molecule is c1ccc(COCC2CC(Oc3ccncc3)C2)cc1. The van der Waals surface area contributed by atoms with Gasteiger partial charge in [0, 0.05) is 12.4 Å². The molecule has 0 atom stereocenters. The van der Waals surface area contributed by atoms with Gasteiger partial charge in [-0.15, -0.1) is 0 Å². The first-order valence-electron chi connectivity index (χ1n) is 7.08. The third-order valence-electron chi connectivity index (χ3n) is 3.61. The minimum absolute atomic E-state index is 0.336. The van der Waals surface area contributed by atoms with Crippen LogP contribution >= 0.6 is 0 Å². The van der Waals surface area contributed by atoms with E-state index in [9.17, 15) is 0 Å². The van der Waals surface area contributed by atoms with Crippen LogP contribution in [0.3, 0.4) is 0 Å². The van der Waals surface area contributed by atoms with E-state index in [1.165, 1.54) is 5.56 Å². The van der Waals surface area contributed by atoms with Gasteiger partial charge in [-0.25, -0.2) is 0 Å². The molecule has 1 heterocycles. The van der Waals surface area contributed by atoms with Crippen LogP contribution in [0.15, 0.2) is 54.9 Å². The predicted octanol–water partition coefficient (Wildman–Crippen LogP) is 3.46. The number of pyridine rings is 1. The van der Waals surface area contributed by atoms with Crippen molar-refractivity contribution in [3.8, 4) is 5.75 Å². The smallest absolute Gasteiger partial charge is 0.122 e. The van der Waals surface area contributed by atoms with E-state index < -0.39 is 0 Å². The van der Waals surface area contributed by atoms with Gasteiger partial charge in [0.2, 0.25) is 0 Å². The number of aromatic nitrogens is 1. The number of hydrogen-bond donors (Lipinski definition) is 0. The highest BCUT2D eigenvalue weighted by atomic mass is 16.5. The molecule has 0 radical (unpaired) electrons. The van der Waals surface area contributed by atoms with Crippen molar-refractivity contribution in [2.75, 3.05) is 6.61 Å². The largest absolute Gasteiger partial charge is 0.490 e. The van der Waals surface area contributed by atoms with Crippen LogP contribution in [0.5, 0.6) is 5.75 Å². The second-order valence-electron chi connectivity index (χ2n) is 5.26. The third-order valence-corrected chi connectivity index (χ3v) is 3.61. The van der Waals surface area contributed by atoms with Crippen LogP contribution in [0.2, 0.25) is 0 Å². The lowest BCUT2D eigenvalue weighted by Gasteiger charge is -2.35. The molecule has 1 aromatic heterocycles. The zero-order valence-corrected chi connectivity index (χ0v) is 11.4. The third kappa shape index (κ3) is 3.58. The van der Waals surface area contributed by atoms with E-state index in [0.717, 1.165) is 25.2 Å². The summed E-state index contributed by atoms with van der Waals surface area (Å²) in [5.41, 5.74) is 1.23. The van der Waals surface area contributed by atoms with Gasteiger partial charge in [-0.3, -0.25) is 4.98 Å². The van der Waals surface area contributed by atoms with Gasteiger partial charge in [0.25, 0.3) is 0 Å². The summed E-state index contributed by atoms with van der Waals surface area (Å²) in [5.74, 6) is 1.54. The fourth-order valence-corrected chi connectivity index (χ4v) is 2.43. The predicted molar refractivity (Wildman–Crippen MR) is 77.5 cm³/mol. The van der Waals surface area contributed by atoms with Gasteiger partial charge < -0.3 is 9.47 Å². The molecule has 0 saturated heterocycles. The molecule has 0 aliphatic heterocycles. The van der Waals surface area contributed by atoms with Crippen molar-refractivity contribution in [3.05, 3.63) is 60.4 Å². The fourth-order valence-electron chi connectivity index (χ4n) is 2.43. The van der Waals surface area contributed by atoms with Gasteiger partial charge in [-0.2, -0.15) is 0 Å². The monoisotopic (exact) mass is 269 g/mol. The Morgan fingerprint density at radius 1 is 1.00 bits per heavy atom. The van der Waals surface area contributed by atoms with Crippen LogP contribution in [0.1, 0.15) is 18.4 Å². The number of hydrogen-bond acceptors (Lipinski definition) is 3. The lowest BCUT2D eigenvalue weighted by molar-refractivity contribution is -0.00253. The Labute approximate surface area is 119 Å². The summed E-state index contributed by atoms with van der Waals surface area (Å²) >= 11 is 0. The summed E-state index contributed by atoms with van der Waals surface area (Å²) in [6.07, 6.45) is 6.01. The standard InChI is InChI=1S/C17H19NO2/c1-2-4-14(5-3-1)12-19-13-15-10-17(11-15)20-16-6-8-18-9-7-16/h1-9,15,17H,10-13H2. The van der Waals surface area contributed by atoms with E-state index >= 15 is 0 Å². The number of benzene rings is 1. The summed E-state index contributed by atoms with van der Waals surface area (Å²) in [6.45, 7) is 1.53. The van der Waals surface area contributed by atoms with Crippen LogP contribution in [0, 0.1) is 5.92 Å². The molecule has 1 aliphatic rings. The van der Waals surface area contributed by atoms with E-state index in [0.29, 0.717) is 18.6 Å². The van der Waals surface area contributed by atoms with Crippen LogP contribution in [-0.2, 0) is 11.3 Å². The van der Waals surface area contributed by atoms with Crippen molar-refractivity contribution in [1.29, 1.82) is 0 Å². The Balaban J connectivity index is 1.33. The lowest BCUT2D eigenvalue weighted by Crippen LogP contribution is -2.36. The molecule has 0 unspecified atom stereocenters. The first-order valence-corrected chi connectivity index (χ1v) is 7.08. The van der Waals surface area contributed by atoms with Gasteiger partial charge >= 0.3 is 0 Å². The van der Waals surface area contributed by atoms with E-state index in [4.69, 9.17) is 9.47 Å². The molecule has 1 aromatic carbocycles. The van der Waals surface area contributed by atoms with Crippen molar-refractivity contribution in [2.24, 2.45) is 5.92 Å². The second kappa shape index (κ2) is 6.53. The maximum absolute atomic E-state index is 5.85. The Bertz CT molecular complexity index is 506. The lowest BCUT2D eigenvalue weighted by atomic mass is 9.83. The zero-order valence-electron chi connectivity index (χ0n) is 11.4. The summed E-state index contributed by atoms with van der Waals surface area (Å²) in [4.78, 5) is 3.98. The normalized spacial score (nSPS) is 21.2. The fraction of sp³-hybridized carbons (Fsp3) is 0.353. The molecule has 1 aliphatic carbocycles. The first kappa shape index (κ1) is 13.1. The molecule has 3 rings (SSSR count). The average Bonchev–Trinajstić information content (AvgIpc) is 2.47. The highest BCUT2D eigenvalue weighted by Gasteiger charge is 2.30.